The van der Waals surface area contributed by atoms with Crippen molar-refractivity contribution in [2.75, 3.05) is 31.3 Å². The van der Waals surface area contributed by atoms with Crippen molar-refractivity contribution in [1.29, 1.82) is 0 Å². The van der Waals surface area contributed by atoms with Gasteiger partial charge in [0.1, 0.15) is 5.82 Å². The predicted molar refractivity (Wildman–Crippen MR) is 75.2 cm³/mol. The van der Waals surface area contributed by atoms with Gasteiger partial charge in [0.15, 0.2) is 0 Å². The van der Waals surface area contributed by atoms with Crippen molar-refractivity contribution in [3.8, 4) is 0 Å². The lowest BCUT2D eigenvalue weighted by atomic mass is 10.2. The van der Waals surface area contributed by atoms with Crippen molar-refractivity contribution >= 4 is 17.6 Å². The molecule has 0 radical (unpaired) electrons. The molecule has 1 rings (SSSR count). The normalized spacial score (nSPS) is 11.7. The third-order valence-corrected chi connectivity index (χ3v) is 3.43. The summed E-state index contributed by atoms with van der Waals surface area (Å²) in [6, 6.07) is 2.14. The number of anilines is 1. The van der Waals surface area contributed by atoms with Crippen molar-refractivity contribution in [2.24, 2.45) is 0 Å². The molecule has 0 atom stereocenters. The maximum Gasteiger partial charge on any atom is 0.416 e. The van der Waals surface area contributed by atoms with Crippen LogP contribution in [0.25, 0.3) is 0 Å². The van der Waals surface area contributed by atoms with E-state index in [1.807, 2.05) is 6.92 Å². The molecule has 0 spiro atoms. The molecule has 0 aliphatic rings. The van der Waals surface area contributed by atoms with Gasteiger partial charge in [-0.2, -0.15) is 13.2 Å². The molecule has 20 heavy (non-hydrogen) atoms. The largest absolute Gasteiger partial charge is 0.416 e. The van der Waals surface area contributed by atoms with Gasteiger partial charge in [0.25, 0.3) is 0 Å². The van der Waals surface area contributed by atoms with E-state index < -0.39 is 11.7 Å². The summed E-state index contributed by atoms with van der Waals surface area (Å²) in [4.78, 5) is 4.19. The predicted octanol–water partition coefficient (Wildman–Crippen LogP) is 4.05. The molecule has 1 aromatic heterocycles. The van der Waals surface area contributed by atoms with Crippen LogP contribution in [0, 0.1) is 0 Å². The Kier molecular flexibility index (Phi) is 7.15. The second-order valence-corrected chi connectivity index (χ2v) is 5.31. The number of nitrogens with zero attached hydrogens (tertiary/aromatic N) is 1. The fourth-order valence-electron chi connectivity index (χ4n) is 1.47. The SMILES string of the molecule is CCCNc1cc(C(F)(F)F)cc(SCCCOC)n1. The Labute approximate surface area is 121 Å². The van der Waals surface area contributed by atoms with Gasteiger partial charge < -0.3 is 10.1 Å². The first-order valence-corrected chi connectivity index (χ1v) is 7.40. The van der Waals surface area contributed by atoms with Crippen LogP contribution in [0.15, 0.2) is 17.2 Å². The highest BCUT2D eigenvalue weighted by atomic mass is 32.2. The zero-order valence-corrected chi connectivity index (χ0v) is 12.4. The fourth-order valence-corrected chi connectivity index (χ4v) is 2.31. The third-order valence-electron chi connectivity index (χ3n) is 2.43. The Hall–Kier alpha value is -0.950. The standard InChI is InChI=1S/C13H19F3N2OS/c1-3-5-17-11-8-10(13(14,15)16)9-12(18-11)20-7-4-6-19-2/h8-9H,3-7H2,1-2H3,(H,17,18). The number of thioether (sulfide) groups is 1. The minimum absolute atomic E-state index is 0.274. The zero-order chi connectivity index (χ0) is 15.0. The summed E-state index contributed by atoms with van der Waals surface area (Å²) in [6.07, 6.45) is -2.75. The number of nitrogens with one attached hydrogen (secondary N) is 1. The topological polar surface area (TPSA) is 34.1 Å². The molecule has 0 aliphatic carbocycles. The molecular formula is C13H19F3N2OS. The molecular weight excluding hydrogens is 289 g/mol. The highest BCUT2D eigenvalue weighted by Crippen LogP contribution is 2.33. The molecule has 0 bridgehead atoms. The van der Waals surface area contributed by atoms with Crippen molar-refractivity contribution in [3.05, 3.63) is 17.7 Å². The lowest BCUT2D eigenvalue weighted by Crippen LogP contribution is -2.09. The lowest BCUT2D eigenvalue weighted by molar-refractivity contribution is -0.137. The average Bonchev–Trinajstić information content (AvgIpc) is 2.40. The van der Waals surface area contributed by atoms with Crippen LogP contribution in [0.1, 0.15) is 25.3 Å². The first kappa shape index (κ1) is 17.1. The van der Waals surface area contributed by atoms with Crippen LogP contribution in [0.4, 0.5) is 19.0 Å². The fraction of sp³-hybridized carbons (Fsp3) is 0.615. The number of halogens is 3. The molecule has 0 saturated carbocycles. The minimum atomic E-state index is -4.35. The number of rotatable bonds is 8. The highest BCUT2D eigenvalue weighted by Gasteiger charge is 2.31. The molecule has 3 nitrogen and oxygen atoms in total. The minimum Gasteiger partial charge on any atom is -0.385 e. The van der Waals surface area contributed by atoms with Gasteiger partial charge in [-0.25, -0.2) is 4.98 Å². The summed E-state index contributed by atoms with van der Waals surface area (Å²) in [5.41, 5.74) is -0.666. The maximum absolute atomic E-state index is 12.8. The molecule has 1 N–H and O–H groups in total. The summed E-state index contributed by atoms with van der Waals surface area (Å²) in [5, 5.41) is 3.28. The van der Waals surface area contributed by atoms with Crippen LogP contribution in [-0.4, -0.2) is 31.0 Å². The molecule has 0 unspecified atom stereocenters. The second-order valence-electron chi connectivity index (χ2n) is 4.20. The Morgan fingerprint density at radius 2 is 2.10 bits per heavy atom. The van der Waals surface area contributed by atoms with E-state index in [0.717, 1.165) is 25.0 Å². The molecule has 1 heterocycles. The number of aromatic nitrogens is 1. The van der Waals surface area contributed by atoms with E-state index in [1.165, 1.54) is 11.8 Å². The molecule has 0 saturated heterocycles. The quantitative estimate of drug-likeness (QED) is 0.580. The number of hydrogen-bond donors (Lipinski definition) is 1. The van der Waals surface area contributed by atoms with E-state index in [1.54, 1.807) is 7.11 Å². The van der Waals surface area contributed by atoms with Gasteiger partial charge in [0.2, 0.25) is 0 Å². The summed E-state index contributed by atoms with van der Waals surface area (Å²) >= 11 is 1.31. The third kappa shape index (κ3) is 6.00. The maximum atomic E-state index is 12.8. The van der Waals surface area contributed by atoms with Crippen LogP contribution in [-0.2, 0) is 10.9 Å². The van der Waals surface area contributed by atoms with Gasteiger partial charge in [0, 0.05) is 26.0 Å². The van der Waals surface area contributed by atoms with Gasteiger partial charge in [-0.3, -0.25) is 0 Å². The van der Waals surface area contributed by atoms with Crippen LogP contribution in [0.3, 0.4) is 0 Å². The van der Waals surface area contributed by atoms with Crippen molar-refractivity contribution in [3.63, 3.8) is 0 Å². The van der Waals surface area contributed by atoms with E-state index in [-0.39, 0.29) is 5.82 Å². The van der Waals surface area contributed by atoms with Crippen molar-refractivity contribution in [1.82, 2.24) is 4.98 Å². The summed E-state index contributed by atoms with van der Waals surface area (Å²) in [7, 11) is 1.60. The Morgan fingerprint density at radius 1 is 1.35 bits per heavy atom. The van der Waals surface area contributed by atoms with Crippen molar-refractivity contribution < 1.29 is 17.9 Å². The molecule has 7 heteroatoms. The zero-order valence-electron chi connectivity index (χ0n) is 11.6. The van der Waals surface area contributed by atoms with Gasteiger partial charge in [-0.15, -0.1) is 11.8 Å². The molecule has 0 fully saturated rings. The van der Waals surface area contributed by atoms with E-state index in [0.29, 0.717) is 23.9 Å². The molecule has 114 valence electrons. The van der Waals surface area contributed by atoms with E-state index in [9.17, 15) is 13.2 Å². The Morgan fingerprint density at radius 3 is 2.70 bits per heavy atom. The van der Waals surface area contributed by atoms with Gasteiger partial charge in [-0.1, -0.05) is 6.92 Å². The van der Waals surface area contributed by atoms with Crippen LogP contribution >= 0.6 is 11.8 Å². The number of alkyl halides is 3. The number of pyridine rings is 1. The molecule has 0 aliphatic heterocycles. The molecule has 1 aromatic rings. The summed E-state index contributed by atoms with van der Waals surface area (Å²) in [6.45, 7) is 3.13. The van der Waals surface area contributed by atoms with Gasteiger partial charge >= 0.3 is 6.18 Å². The van der Waals surface area contributed by atoms with E-state index in [4.69, 9.17) is 4.74 Å². The molecule has 0 amide bonds. The number of hydrogen-bond acceptors (Lipinski definition) is 4. The summed E-state index contributed by atoms with van der Waals surface area (Å²) in [5.74, 6) is 0.950. The van der Waals surface area contributed by atoms with E-state index in [2.05, 4.69) is 10.3 Å². The lowest BCUT2D eigenvalue weighted by Gasteiger charge is -2.12. The monoisotopic (exact) mass is 308 g/mol. The summed E-state index contributed by atoms with van der Waals surface area (Å²) < 4.78 is 43.4. The smallest absolute Gasteiger partial charge is 0.385 e. The molecule has 0 aromatic carbocycles. The van der Waals surface area contributed by atoms with E-state index >= 15 is 0 Å². The van der Waals surface area contributed by atoms with Gasteiger partial charge in [-0.05, 0) is 25.0 Å². The van der Waals surface area contributed by atoms with Crippen LogP contribution < -0.4 is 5.32 Å². The number of methoxy groups -OCH3 is 1. The first-order chi connectivity index (χ1) is 9.47. The van der Waals surface area contributed by atoms with Gasteiger partial charge in [0.05, 0.1) is 10.6 Å². The Balaban J connectivity index is 2.80. The average molecular weight is 308 g/mol. The van der Waals surface area contributed by atoms with Crippen LogP contribution in [0.2, 0.25) is 0 Å². The Bertz CT molecular complexity index is 413. The van der Waals surface area contributed by atoms with Crippen molar-refractivity contribution in [2.45, 2.75) is 31.0 Å². The first-order valence-electron chi connectivity index (χ1n) is 6.42. The second kappa shape index (κ2) is 8.36. The highest BCUT2D eigenvalue weighted by molar-refractivity contribution is 7.99. The number of ether oxygens (including phenoxy) is 1. The van der Waals surface area contributed by atoms with Crippen LogP contribution in [0.5, 0.6) is 0 Å².